The van der Waals surface area contributed by atoms with E-state index in [9.17, 15) is 4.79 Å². The van der Waals surface area contributed by atoms with Gasteiger partial charge in [-0.05, 0) is 61.7 Å². The number of ether oxygens (including phenoxy) is 1. The molecule has 1 aromatic heterocycles. The Morgan fingerprint density at radius 1 is 1.08 bits per heavy atom. The zero-order valence-electron chi connectivity index (χ0n) is 21.4. The van der Waals surface area contributed by atoms with Crippen molar-refractivity contribution in [1.82, 2.24) is 21.1 Å². The number of piperidine rings is 1. The van der Waals surface area contributed by atoms with Crippen molar-refractivity contribution in [3.8, 4) is 0 Å². The number of hydrogen-bond donors (Lipinski definition) is 3. The van der Waals surface area contributed by atoms with E-state index in [0.29, 0.717) is 24.3 Å². The molecule has 194 valence electrons. The van der Waals surface area contributed by atoms with Gasteiger partial charge in [0.15, 0.2) is 5.76 Å². The minimum absolute atomic E-state index is 0.108. The number of hydrogen-bond acceptors (Lipinski definition) is 6. The number of carbonyl (C=O) groups is 1. The second kappa shape index (κ2) is 10.4. The van der Waals surface area contributed by atoms with Crippen molar-refractivity contribution in [3.05, 3.63) is 95.4 Å². The molecule has 3 aromatic rings. The summed E-state index contributed by atoms with van der Waals surface area (Å²) in [6.45, 7) is 6.68. The monoisotopic (exact) mass is 500 g/mol. The predicted molar refractivity (Wildman–Crippen MR) is 142 cm³/mol. The van der Waals surface area contributed by atoms with Crippen molar-refractivity contribution in [3.63, 3.8) is 0 Å². The Balaban J connectivity index is 1.20. The lowest BCUT2D eigenvalue weighted by molar-refractivity contribution is -0.0340. The largest absolute Gasteiger partial charge is 0.459 e. The Labute approximate surface area is 218 Å². The third-order valence-corrected chi connectivity index (χ3v) is 8.55. The number of nitrogens with one attached hydrogen (secondary N) is 3. The normalized spacial score (nSPS) is 26.8. The van der Waals surface area contributed by atoms with E-state index in [1.165, 1.54) is 23.0 Å². The smallest absolute Gasteiger partial charge is 0.287 e. The molecule has 7 heteroatoms. The first kappa shape index (κ1) is 24.4. The van der Waals surface area contributed by atoms with Gasteiger partial charge in [0.1, 0.15) is 0 Å². The van der Waals surface area contributed by atoms with Gasteiger partial charge >= 0.3 is 0 Å². The fourth-order valence-corrected chi connectivity index (χ4v) is 6.81. The van der Waals surface area contributed by atoms with Gasteiger partial charge < -0.3 is 19.4 Å². The van der Waals surface area contributed by atoms with Crippen molar-refractivity contribution in [2.75, 3.05) is 32.8 Å². The molecule has 1 amide bonds. The molecule has 2 aliphatic heterocycles. The summed E-state index contributed by atoms with van der Waals surface area (Å²) in [5, 5.41) is 3.25. The van der Waals surface area contributed by atoms with Gasteiger partial charge in [0.05, 0.1) is 24.5 Å². The Kier molecular flexibility index (Phi) is 6.86. The Bertz CT molecular complexity index is 1190. The maximum absolute atomic E-state index is 13.0. The van der Waals surface area contributed by atoms with Crippen LogP contribution in [0.1, 0.15) is 59.1 Å². The van der Waals surface area contributed by atoms with Gasteiger partial charge in [0.25, 0.3) is 5.91 Å². The Morgan fingerprint density at radius 2 is 1.86 bits per heavy atom. The maximum Gasteiger partial charge on any atom is 0.287 e. The zero-order valence-corrected chi connectivity index (χ0v) is 21.4. The number of rotatable bonds is 7. The SMILES string of the molecule is CCO[C@@H]1[C@@H](NC(=O)c2ccco2)c2ccccc2C12CCN(CC1CNNC1c1ccccc1)CC2. The molecule has 2 fully saturated rings. The summed E-state index contributed by atoms with van der Waals surface area (Å²) in [5.74, 6) is 0.641. The molecule has 6 rings (SSSR count). The summed E-state index contributed by atoms with van der Waals surface area (Å²) in [4.78, 5) is 15.6. The number of carbonyl (C=O) groups excluding carboxylic acids is 1. The summed E-state index contributed by atoms with van der Waals surface area (Å²) in [5.41, 5.74) is 10.6. The van der Waals surface area contributed by atoms with Crippen molar-refractivity contribution in [2.24, 2.45) is 5.92 Å². The fraction of sp³-hybridized carbons (Fsp3) is 0.433. The van der Waals surface area contributed by atoms with E-state index < -0.39 is 0 Å². The molecule has 3 aliphatic rings. The van der Waals surface area contributed by atoms with Gasteiger partial charge in [-0.1, -0.05) is 54.6 Å². The van der Waals surface area contributed by atoms with Crippen LogP contribution in [0.5, 0.6) is 0 Å². The lowest BCUT2D eigenvalue weighted by Gasteiger charge is -2.45. The molecule has 0 saturated carbocycles. The summed E-state index contributed by atoms with van der Waals surface area (Å²) in [7, 11) is 0. The minimum atomic E-state index is -0.203. The number of benzene rings is 2. The second-order valence-corrected chi connectivity index (χ2v) is 10.5. The number of likely N-dealkylation sites (tertiary alicyclic amines) is 1. The number of fused-ring (bicyclic) bond motifs is 2. The van der Waals surface area contributed by atoms with E-state index in [1.54, 1.807) is 12.1 Å². The topological polar surface area (TPSA) is 78.8 Å². The average Bonchev–Trinajstić information content (AvgIpc) is 3.68. The first-order valence-corrected chi connectivity index (χ1v) is 13.5. The molecule has 1 aliphatic carbocycles. The van der Waals surface area contributed by atoms with E-state index in [2.05, 4.69) is 75.7 Å². The fourth-order valence-electron chi connectivity index (χ4n) is 6.81. The first-order chi connectivity index (χ1) is 18.2. The molecule has 2 aromatic carbocycles. The molecule has 7 nitrogen and oxygen atoms in total. The Morgan fingerprint density at radius 3 is 2.62 bits per heavy atom. The highest BCUT2D eigenvalue weighted by Crippen LogP contribution is 2.52. The predicted octanol–water partition coefficient (Wildman–Crippen LogP) is 3.97. The van der Waals surface area contributed by atoms with Crippen molar-refractivity contribution in [2.45, 2.75) is 43.4 Å². The summed E-state index contributed by atoms with van der Waals surface area (Å²) >= 11 is 0. The van der Waals surface area contributed by atoms with E-state index in [1.807, 2.05) is 6.92 Å². The zero-order chi connectivity index (χ0) is 25.2. The van der Waals surface area contributed by atoms with Crippen LogP contribution >= 0.6 is 0 Å². The third kappa shape index (κ3) is 4.50. The molecule has 0 bridgehead atoms. The number of amides is 1. The highest BCUT2D eigenvalue weighted by atomic mass is 16.5. The van der Waals surface area contributed by atoms with Crippen LogP contribution in [-0.4, -0.2) is 49.7 Å². The Hall–Kier alpha value is -2.97. The molecule has 0 radical (unpaired) electrons. The van der Waals surface area contributed by atoms with Crippen LogP contribution in [0, 0.1) is 5.92 Å². The molecular weight excluding hydrogens is 464 g/mol. The third-order valence-electron chi connectivity index (χ3n) is 8.55. The van der Waals surface area contributed by atoms with Crippen molar-refractivity contribution in [1.29, 1.82) is 0 Å². The van der Waals surface area contributed by atoms with Gasteiger partial charge in [-0.15, -0.1) is 0 Å². The van der Waals surface area contributed by atoms with Gasteiger partial charge in [-0.25, -0.2) is 5.43 Å². The molecule has 3 N–H and O–H groups in total. The van der Waals surface area contributed by atoms with Crippen LogP contribution in [0.3, 0.4) is 0 Å². The van der Waals surface area contributed by atoms with Crippen LogP contribution in [-0.2, 0) is 10.2 Å². The average molecular weight is 501 g/mol. The van der Waals surface area contributed by atoms with Crippen LogP contribution in [0.2, 0.25) is 0 Å². The van der Waals surface area contributed by atoms with Crippen LogP contribution in [0.4, 0.5) is 0 Å². The van der Waals surface area contributed by atoms with E-state index >= 15 is 0 Å². The van der Waals surface area contributed by atoms with Crippen molar-refractivity contribution >= 4 is 5.91 Å². The number of nitrogens with zero attached hydrogens (tertiary/aromatic N) is 1. The molecule has 3 heterocycles. The highest BCUT2D eigenvalue weighted by Gasteiger charge is 2.54. The van der Waals surface area contributed by atoms with Gasteiger partial charge in [0, 0.05) is 31.0 Å². The van der Waals surface area contributed by atoms with Gasteiger partial charge in [0.2, 0.25) is 0 Å². The van der Waals surface area contributed by atoms with Gasteiger partial charge in [-0.2, -0.15) is 0 Å². The molecule has 1 spiro atoms. The summed E-state index contributed by atoms with van der Waals surface area (Å²) in [6, 6.07) is 22.9. The lowest BCUT2D eigenvalue weighted by atomic mass is 9.71. The second-order valence-electron chi connectivity index (χ2n) is 10.5. The van der Waals surface area contributed by atoms with Gasteiger partial charge in [-0.3, -0.25) is 10.2 Å². The molecule has 37 heavy (non-hydrogen) atoms. The van der Waals surface area contributed by atoms with Crippen molar-refractivity contribution < 1.29 is 13.9 Å². The highest BCUT2D eigenvalue weighted by molar-refractivity contribution is 5.91. The maximum atomic E-state index is 13.0. The van der Waals surface area contributed by atoms with E-state index in [4.69, 9.17) is 9.15 Å². The quantitative estimate of drug-likeness (QED) is 0.456. The number of furan rings is 1. The lowest BCUT2D eigenvalue weighted by Crippen LogP contribution is -2.51. The first-order valence-electron chi connectivity index (χ1n) is 13.5. The van der Waals surface area contributed by atoms with E-state index in [0.717, 1.165) is 39.0 Å². The number of hydrazine groups is 1. The van der Waals surface area contributed by atoms with Crippen LogP contribution < -0.4 is 16.2 Å². The molecule has 2 unspecified atom stereocenters. The van der Waals surface area contributed by atoms with Crippen LogP contribution in [0.25, 0.3) is 0 Å². The van der Waals surface area contributed by atoms with E-state index in [-0.39, 0.29) is 23.5 Å². The summed E-state index contributed by atoms with van der Waals surface area (Å²) < 4.78 is 11.8. The minimum Gasteiger partial charge on any atom is -0.459 e. The summed E-state index contributed by atoms with van der Waals surface area (Å²) in [6.07, 6.45) is 3.44. The standard InChI is InChI=1S/C30H36N4O3/c1-2-36-28-27(32-29(35)25-13-8-18-37-25)23-11-6-7-12-24(23)30(28)14-16-34(17-15-30)20-22-19-31-33-26(22)21-9-4-3-5-10-21/h3-13,18,22,26-28,31,33H,2,14-17,19-20H2,1H3,(H,32,35)/t22?,26?,27-,28+/m0/s1. The molecule has 2 saturated heterocycles. The van der Waals surface area contributed by atoms with Crippen LogP contribution in [0.15, 0.2) is 77.4 Å². The molecular formula is C30H36N4O3. The molecule has 4 atom stereocenters.